The van der Waals surface area contributed by atoms with Gasteiger partial charge in [0.25, 0.3) is 0 Å². The molecule has 1 aliphatic heterocycles. The summed E-state index contributed by atoms with van der Waals surface area (Å²) in [6, 6.07) is 13.6. The molecular formula is C16H16BrNO3. The van der Waals surface area contributed by atoms with E-state index in [9.17, 15) is 5.11 Å². The number of fused-ring (bicyclic) bond motifs is 1. The molecule has 0 amide bonds. The van der Waals surface area contributed by atoms with Crippen molar-refractivity contribution in [1.82, 2.24) is 0 Å². The van der Waals surface area contributed by atoms with Gasteiger partial charge in [-0.2, -0.15) is 0 Å². The Bertz CT molecular complexity index is 662. The number of aliphatic hydroxyl groups is 1. The van der Waals surface area contributed by atoms with Crippen molar-refractivity contribution in [2.75, 3.05) is 18.7 Å². The zero-order valence-electron chi connectivity index (χ0n) is 11.6. The minimum Gasteiger partial charge on any atom is -0.454 e. The Morgan fingerprint density at radius 3 is 2.76 bits per heavy atom. The third-order valence-corrected chi connectivity index (χ3v) is 4.06. The van der Waals surface area contributed by atoms with Crippen molar-refractivity contribution in [3.8, 4) is 11.5 Å². The topological polar surface area (TPSA) is 50.7 Å². The van der Waals surface area contributed by atoms with Crippen molar-refractivity contribution in [1.29, 1.82) is 0 Å². The lowest BCUT2D eigenvalue weighted by Crippen LogP contribution is -2.35. The van der Waals surface area contributed by atoms with Gasteiger partial charge in [-0.25, -0.2) is 0 Å². The molecule has 3 rings (SSSR count). The van der Waals surface area contributed by atoms with Crippen LogP contribution in [0, 0.1) is 0 Å². The van der Waals surface area contributed by atoms with Gasteiger partial charge in [0.2, 0.25) is 6.79 Å². The molecule has 4 nitrogen and oxygen atoms in total. The van der Waals surface area contributed by atoms with Crippen molar-refractivity contribution in [2.45, 2.75) is 12.5 Å². The zero-order valence-corrected chi connectivity index (χ0v) is 13.2. The van der Waals surface area contributed by atoms with E-state index in [0.29, 0.717) is 5.75 Å². The van der Waals surface area contributed by atoms with E-state index in [-0.39, 0.29) is 13.4 Å². The van der Waals surface area contributed by atoms with E-state index in [1.807, 2.05) is 49.4 Å². The molecule has 5 heteroatoms. The second-order valence-electron chi connectivity index (χ2n) is 5.19. The maximum Gasteiger partial charge on any atom is 0.231 e. The van der Waals surface area contributed by atoms with Crippen molar-refractivity contribution >= 4 is 21.6 Å². The van der Waals surface area contributed by atoms with Crippen LogP contribution in [-0.2, 0) is 5.54 Å². The number of halogens is 1. The largest absolute Gasteiger partial charge is 0.454 e. The van der Waals surface area contributed by atoms with Crippen LogP contribution >= 0.6 is 15.9 Å². The highest BCUT2D eigenvalue weighted by Gasteiger charge is 2.28. The fraction of sp³-hybridized carbons (Fsp3) is 0.250. The minimum absolute atomic E-state index is 0.0425. The summed E-state index contributed by atoms with van der Waals surface area (Å²) in [7, 11) is 0. The molecule has 0 fully saturated rings. The highest BCUT2D eigenvalue weighted by Crippen LogP contribution is 2.37. The van der Waals surface area contributed by atoms with Gasteiger partial charge in [0.1, 0.15) is 0 Å². The monoisotopic (exact) mass is 349 g/mol. The Balaban J connectivity index is 1.92. The zero-order chi connectivity index (χ0) is 14.9. The number of benzene rings is 2. The molecule has 21 heavy (non-hydrogen) atoms. The summed E-state index contributed by atoms with van der Waals surface area (Å²) >= 11 is 3.45. The van der Waals surface area contributed by atoms with E-state index in [0.717, 1.165) is 21.5 Å². The van der Waals surface area contributed by atoms with Gasteiger partial charge in [-0.05, 0) is 42.8 Å². The molecule has 0 saturated carbocycles. The van der Waals surface area contributed by atoms with Gasteiger partial charge < -0.3 is 19.9 Å². The molecule has 1 unspecified atom stereocenters. The molecule has 1 heterocycles. The van der Waals surface area contributed by atoms with Gasteiger partial charge in [0, 0.05) is 10.2 Å². The number of hydrogen-bond acceptors (Lipinski definition) is 4. The molecule has 2 aromatic carbocycles. The van der Waals surface area contributed by atoms with Crippen LogP contribution in [0.5, 0.6) is 11.5 Å². The van der Waals surface area contributed by atoms with Gasteiger partial charge in [0.05, 0.1) is 12.1 Å². The predicted molar refractivity (Wildman–Crippen MR) is 84.8 cm³/mol. The number of aliphatic hydroxyl groups excluding tert-OH is 1. The summed E-state index contributed by atoms with van der Waals surface area (Å²) in [4.78, 5) is 0. The lowest BCUT2D eigenvalue weighted by molar-refractivity contribution is 0.173. The Morgan fingerprint density at radius 2 is 2.00 bits per heavy atom. The highest BCUT2D eigenvalue weighted by molar-refractivity contribution is 9.10. The average Bonchev–Trinajstić information content (AvgIpc) is 2.94. The Hall–Kier alpha value is -1.72. The Labute approximate surface area is 131 Å². The maximum absolute atomic E-state index is 9.87. The number of anilines is 1. The molecule has 0 aliphatic carbocycles. The van der Waals surface area contributed by atoms with Gasteiger partial charge in [-0.15, -0.1) is 0 Å². The highest BCUT2D eigenvalue weighted by atomic mass is 79.9. The summed E-state index contributed by atoms with van der Waals surface area (Å²) < 4.78 is 11.7. The fourth-order valence-corrected chi connectivity index (χ4v) is 2.73. The predicted octanol–water partition coefficient (Wildman–Crippen LogP) is 3.50. The van der Waals surface area contributed by atoms with Gasteiger partial charge in [0.15, 0.2) is 11.5 Å². The molecule has 1 aliphatic rings. The van der Waals surface area contributed by atoms with Crippen LogP contribution in [0.15, 0.2) is 46.9 Å². The van der Waals surface area contributed by atoms with Crippen molar-refractivity contribution in [3.63, 3.8) is 0 Å². The Kier molecular flexibility index (Phi) is 3.78. The summed E-state index contributed by atoms with van der Waals surface area (Å²) in [5.74, 6) is 1.45. The smallest absolute Gasteiger partial charge is 0.231 e. The van der Waals surface area contributed by atoms with E-state index in [1.54, 1.807) is 0 Å². The van der Waals surface area contributed by atoms with E-state index in [4.69, 9.17) is 9.47 Å². The first-order valence-electron chi connectivity index (χ1n) is 6.65. The number of rotatable bonds is 4. The molecule has 0 spiro atoms. The first kappa shape index (κ1) is 14.2. The van der Waals surface area contributed by atoms with Crippen LogP contribution < -0.4 is 14.8 Å². The number of hydrogen-bond donors (Lipinski definition) is 2. The quantitative estimate of drug-likeness (QED) is 0.886. The molecule has 2 aromatic rings. The normalized spacial score (nSPS) is 15.6. The van der Waals surface area contributed by atoms with Crippen molar-refractivity contribution in [3.05, 3.63) is 52.5 Å². The number of ether oxygens (including phenoxy) is 2. The van der Waals surface area contributed by atoms with E-state index < -0.39 is 5.54 Å². The molecule has 0 radical (unpaired) electrons. The van der Waals surface area contributed by atoms with Crippen LogP contribution in [0.2, 0.25) is 0 Å². The van der Waals surface area contributed by atoms with Gasteiger partial charge >= 0.3 is 0 Å². The van der Waals surface area contributed by atoms with E-state index >= 15 is 0 Å². The van der Waals surface area contributed by atoms with Crippen LogP contribution in [0.3, 0.4) is 0 Å². The van der Waals surface area contributed by atoms with E-state index in [1.165, 1.54) is 0 Å². The molecule has 0 bridgehead atoms. The van der Waals surface area contributed by atoms with Gasteiger partial charge in [-0.1, -0.05) is 28.1 Å². The summed E-state index contributed by atoms with van der Waals surface area (Å²) in [5, 5.41) is 13.2. The SMILES string of the molecule is CC(CO)(Nc1cccc(Br)c1)c1ccc2c(c1)OCO2. The third kappa shape index (κ3) is 2.84. The second kappa shape index (κ2) is 5.58. The Morgan fingerprint density at radius 1 is 1.19 bits per heavy atom. The third-order valence-electron chi connectivity index (χ3n) is 3.57. The maximum atomic E-state index is 9.87. The van der Waals surface area contributed by atoms with Crippen LogP contribution in [0.4, 0.5) is 5.69 Å². The lowest BCUT2D eigenvalue weighted by atomic mass is 9.92. The lowest BCUT2D eigenvalue weighted by Gasteiger charge is -2.30. The van der Waals surface area contributed by atoms with Crippen molar-refractivity contribution in [2.24, 2.45) is 0 Å². The van der Waals surface area contributed by atoms with E-state index in [2.05, 4.69) is 21.2 Å². The first-order chi connectivity index (χ1) is 10.1. The summed E-state index contributed by atoms with van der Waals surface area (Å²) in [6.45, 7) is 2.15. The molecule has 0 aromatic heterocycles. The second-order valence-corrected chi connectivity index (χ2v) is 6.11. The van der Waals surface area contributed by atoms with Crippen LogP contribution in [0.1, 0.15) is 12.5 Å². The van der Waals surface area contributed by atoms with Crippen LogP contribution in [0.25, 0.3) is 0 Å². The first-order valence-corrected chi connectivity index (χ1v) is 7.45. The standard InChI is InChI=1S/C16H16BrNO3/c1-16(9-19,18-13-4-2-3-12(17)8-13)11-5-6-14-15(7-11)21-10-20-14/h2-8,18-19H,9-10H2,1H3. The van der Waals surface area contributed by atoms with Crippen molar-refractivity contribution < 1.29 is 14.6 Å². The molecular weight excluding hydrogens is 334 g/mol. The fourth-order valence-electron chi connectivity index (χ4n) is 2.33. The molecule has 1 atom stereocenters. The average molecular weight is 350 g/mol. The summed E-state index contributed by atoms with van der Waals surface area (Å²) in [5.41, 5.74) is 1.26. The van der Waals surface area contributed by atoms with Gasteiger partial charge in [-0.3, -0.25) is 0 Å². The minimum atomic E-state index is -0.609. The number of nitrogens with one attached hydrogen (secondary N) is 1. The van der Waals surface area contributed by atoms with Crippen LogP contribution in [-0.4, -0.2) is 18.5 Å². The molecule has 0 saturated heterocycles. The summed E-state index contributed by atoms with van der Waals surface area (Å²) in [6.07, 6.45) is 0. The molecule has 110 valence electrons. The molecule has 2 N–H and O–H groups in total.